The number of rotatable bonds is 9. The van der Waals surface area contributed by atoms with Crippen LogP contribution in [0.1, 0.15) is 35.2 Å². The normalized spacial score (nSPS) is 14.6. The van der Waals surface area contributed by atoms with Crippen molar-refractivity contribution in [2.24, 2.45) is 5.92 Å². The first-order chi connectivity index (χ1) is 13.6. The number of para-hydroxylation sites is 1. The molecule has 1 heterocycles. The fourth-order valence-corrected chi connectivity index (χ4v) is 2.98. The van der Waals surface area contributed by atoms with E-state index < -0.39 is 11.9 Å². The summed E-state index contributed by atoms with van der Waals surface area (Å²) >= 11 is 0. The topological polar surface area (TPSA) is 97.8 Å². The van der Waals surface area contributed by atoms with Crippen LogP contribution >= 0.6 is 0 Å². The molecule has 0 bridgehead atoms. The van der Waals surface area contributed by atoms with E-state index in [4.69, 9.17) is 9.47 Å². The van der Waals surface area contributed by atoms with Gasteiger partial charge in [0.1, 0.15) is 11.9 Å². The van der Waals surface area contributed by atoms with Gasteiger partial charge in [-0.3, -0.25) is 9.59 Å². The summed E-state index contributed by atoms with van der Waals surface area (Å²) in [7, 11) is 1.54. The summed E-state index contributed by atoms with van der Waals surface area (Å²) in [4.78, 5) is 28.2. The number of pyridine rings is 1. The van der Waals surface area contributed by atoms with Crippen LogP contribution in [0.3, 0.4) is 0 Å². The maximum absolute atomic E-state index is 12.5. The van der Waals surface area contributed by atoms with E-state index in [1.807, 2.05) is 18.2 Å². The molecule has 1 atom stereocenters. The van der Waals surface area contributed by atoms with Crippen LogP contribution in [0.4, 0.5) is 0 Å². The highest BCUT2D eigenvalue weighted by Gasteiger charge is 2.22. The largest absolute Gasteiger partial charge is 0.496 e. The molecule has 0 aliphatic heterocycles. The fraction of sp³-hybridized carbons (Fsp3) is 0.381. The van der Waals surface area contributed by atoms with Crippen LogP contribution in [0.5, 0.6) is 11.6 Å². The molecule has 1 saturated carbocycles. The Balaban J connectivity index is 1.61. The van der Waals surface area contributed by atoms with Gasteiger partial charge >= 0.3 is 5.97 Å². The van der Waals surface area contributed by atoms with E-state index in [9.17, 15) is 14.7 Å². The fourth-order valence-electron chi connectivity index (χ4n) is 2.98. The number of hydrogen-bond acceptors (Lipinski definition) is 5. The molecule has 1 aliphatic carbocycles. The third-order valence-electron chi connectivity index (χ3n) is 4.85. The number of methoxy groups -OCH3 is 1. The number of nitrogens with one attached hydrogen (secondary N) is 1. The van der Waals surface area contributed by atoms with E-state index in [-0.39, 0.29) is 25.0 Å². The number of benzene rings is 1. The Labute approximate surface area is 163 Å². The number of carbonyl (C=O) groups excluding carboxylic acids is 1. The van der Waals surface area contributed by atoms with Crippen LogP contribution in [-0.2, 0) is 11.2 Å². The molecule has 1 amide bonds. The van der Waals surface area contributed by atoms with Gasteiger partial charge in [-0.15, -0.1) is 0 Å². The van der Waals surface area contributed by atoms with Gasteiger partial charge in [0.2, 0.25) is 5.88 Å². The van der Waals surface area contributed by atoms with Gasteiger partial charge < -0.3 is 19.9 Å². The maximum Gasteiger partial charge on any atom is 0.308 e. The van der Waals surface area contributed by atoms with Crippen LogP contribution in [0, 0.1) is 5.92 Å². The summed E-state index contributed by atoms with van der Waals surface area (Å²) in [5.74, 6) is -1.05. The van der Waals surface area contributed by atoms with Crippen molar-refractivity contribution in [2.45, 2.75) is 31.8 Å². The molecule has 7 nitrogen and oxygen atoms in total. The lowest BCUT2D eigenvalue weighted by Gasteiger charge is -2.25. The number of aromatic nitrogens is 1. The van der Waals surface area contributed by atoms with Crippen molar-refractivity contribution in [1.29, 1.82) is 0 Å². The number of carboxylic acids is 1. The predicted molar refractivity (Wildman–Crippen MR) is 103 cm³/mol. The molecule has 1 aromatic heterocycles. The SMILES string of the molecule is COc1ccccc1CC(CNC(=O)c1ccnc(OC2CCC2)c1)C(=O)O. The van der Waals surface area contributed by atoms with E-state index in [0.717, 1.165) is 24.8 Å². The molecule has 2 N–H and O–H groups in total. The lowest BCUT2D eigenvalue weighted by atomic mass is 9.96. The van der Waals surface area contributed by atoms with Gasteiger partial charge in [-0.1, -0.05) is 18.2 Å². The molecule has 28 heavy (non-hydrogen) atoms. The van der Waals surface area contributed by atoms with Crippen molar-refractivity contribution < 1.29 is 24.2 Å². The molecule has 1 fully saturated rings. The number of amides is 1. The summed E-state index contributed by atoms with van der Waals surface area (Å²) in [6.45, 7) is 0.00730. The van der Waals surface area contributed by atoms with Crippen LogP contribution in [0.25, 0.3) is 0 Å². The molecule has 1 aromatic carbocycles. The number of carbonyl (C=O) groups is 2. The summed E-state index contributed by atoms with van der Waals surface area (Å²) in [6, 6.07) is 10.4. The zero-order chi connectivity index (χ0) is 19.9. The molecule has 148 valence electrons. The smallest absolute Gasteiger partial charge is 0.308 e. The number of carboxylic acid groups (broad SMARTS) is 1. The molecule has 1 aliphatic rings. The van der Waals surface area contributed by atoms with Crippen molar-refractivity contribution >= 4 is 11.9 Å². The lowest BCUT2D eigenvalue weighted by Crippen LogP contribution is -2.34. The number of nitrogens with zero attached hydrogens (tertiary/aromatic N) is 1. The Morgan fingerprint density at radius 1 is 1.29 bits per heavy atom. The summed E-state index contributed by atoms with van der Waals surface area (Å²) in [5.41, 5.74) is 1.18. The van der Waals surface area contributed by atoms with Crippen LogP contribution in [0.15, 0.2) is 42.6 Å². The van der Waals surface area contributed by atoms with Gasteiger partial charge in [-0.25, -0.2) is 4.98 Å². The quantitative estimate of drug-likeness (QED) is 0.690. The van der Waals surface area contributed by atoms with Crippen molar-refractivity contribution in [3.8, 4) is 11.6 Å². The lowest BCUT2D eigenvalue weighted by molar-refractivity contribution is -0.141. The predicted octanol–water partition coefficient (Wildman–Crippen LogP) is 2.69. The molecule has 7 heteroatoms. The molecular formula is C21H24N2O5. The van der Waals surface area contributed by atoms with Crippen molar-refractivity contribution in [2.75, 3.05) is 13.7 Å². The molecule has 0 spiro atoms. The van der Waals surface area contributed by atoms with Crippen LogP contribution in [-0.4, -0.2) is 41.7 Å². The minimum Gasteiger partial charge on any atom is -0.496 e. The molecule has 0 saturated heterocycles. The highest BCUT2D eigenvalue weighted by atomic mass is 16.5. The Morgan fingerprint density at radius 3 is 2.75 bits per heavy atom. The average molecular weight is 384 g/mol. The van der Waals surface area contributed by atoms with Gasteiger partial charge in [0.25, 0.3) is 5.91 Å². The first kappa shape index (κ1) is 19.7. The Bertz CT molecular complexity index is 835. The Morgan fingerprint density at radius 2 is 2.07 bits per heavy atom. The highest BCUT2D eigenvalue weighted by molar-refractivity contribution is 5.94. The van der Waals surface area contributed by atoms with E-state index >= 15 is 0 Å². The van der Waals surface area contributed by atoms with E-state index in [2.05, 4.69) is 10.3 Å². The second kappa shape index (κ2) is 9.21. The Kier molecular flexibility index (Phi) is 6.47. The van der Waals surface area contributed by atoms with Gasteiger partial charge in [0.05, 0.1) is 13.0 Å². The summed E-state index contributed by atoms with van der Waals surface area (Å²) in [5, 5.41) is 12.2. The molecule has 0 radical (unpaired) electrons. The van der Waals surface area contributed by atoms with Gasteiger partial charge in [0.15, 0.2) is 0 Å². The zero-order valence-corrected chi connectivity index (χ0v) is 15.8. The molecule has 1 unspecified atom stereocenters. The minimum atomic E-state index is -0.977. The first-order valence-corrected chi connectivity index (χ1v) is 9.32. The van der Waals surface area contributed by atoms with Crippen LogP contribution in [0.2, 0.25) is 0 Å². The average Bonchev–Trinajstić information content (AvgIpc) is 2.68. The zero-order valence-electron chi connectivity index (χ0n) is 15.8. The van der Waals surface area contributed by atoms with Crippen LogP contribution < -0.4 is 14.8 Å². The minimum absolute atomic E-state index is 0.00730. The highest BCUT2D eigenvalue weighted by Crippen LogP contribution is 2.24. The van der Waals surface area contributed by atoms with E-state index in [1.54, 1.807) is 25.3 Å². The third-order valence-corrected chi connectivity index (χ3v) is 4.85. The van der Waals surface area contributed by atoms with E-state index in [1.165, 1.54) is 6.20 Å². The number of aliphatic carboxylic acids is 1. The van der Waals surface area contributed by atoms with Crippen molar-refractivity contribution in [1.82, 2.24) is 10.3 Å². The first-order valence-electron chi connectivity index (χ1n) is 9.32. The Hall–Kier alpha value is -3.09. The molecule has 2 aromatic rings. The standard InChI is InChI=1S/C21H24N2O5/c1-27-18-8-3-2-5-14(18)11-16(21(25)26)13-23-20(24)15-9-10-22-19(12-15)28-17-6-4-7-17/h2-3,5,8-10,12,16-17H,4,6-7,11,13H2,1H3,(H,23,24)(H,25,26). The number of ether oxygens (including phenoxy) is 2. The van der Waals surface area contributed by atoms with Gasteiger partial charge in [-0.2, -0.15) is 0 Å². The monoisotopic (exact) mass is 384 g/mol. The van der Waals surface area contributed by atoms with E-state index in [0.29, 0.717) is 17.2 Å². The maximum atomic E-state index is 12.5. The van der Waals surface area contributed by atoms with Gasteiger partial charge in [0, 0.05) is 24.4 Å². The molecular weight excluding hydrogens is 360 g/mol. The second-order valence-electron chi connectivity index (χ2n) is 6.81. The van der Waals surface area contributed by atoms with Crippen molar-refractivity contribution in [3.05, 3.63) is 53.7 Å². The second-order valence-corrected chi connectivity index (χ2v) is 6.81. The summed E-state index contributed by atoms with van der Waals surface area (Å²) < 4.78 is 11.0. The number of hydrogen-bond donors (Lipinski definition) is 2. The third kappa shape index (κ3) is 5.00. The van der Waals surface area contributed by atoms with Gasteiger partial charge in [-0.05, 0) is 43.4 Å². The van der Waals surface area contributed by atoms with Crippen molar-refractivity contribution in [3.63, 3.8) is 0 Å². The molecule has 3 rings (SSSR count). The summed E-state index contributed by atoms with van der Waals surface area (Å²) in [6.07, 6.45) is 5.09.